The Hall–Kier alpha value is -3.98. The molecule has 0 unspecified atom stereocenters. The van der Waals surface area contributed by atoms with E-state index in [9.17, 15) is 4.79 Å². The number of rotatable bonds is 4. The van der Waals surface area contributed by atoms with E-state index in [2.05, 4.69) is 16.8 Å². The van der Waals surface area contributed by atoms with Crippen molar-refractivity contribution in [3.8, 4) is 29.1 Å². The van der Waals surface area contributed by atoms with E-state index in [1.165, 1.54) is 5.56 Å². The number of amides is 1. The van der Waals surface area contributed by atoms with Gasteiger partial charge in [0.25, 0.3) is 5.91 Å². The molecular weight excluding hydrogens is 404 g/mol. The first kappa shape index (κ1) is 21.3. The van der Waals surface area contributed by atoms with Crippen LogP contribution in [0.2, 0.25) is 0 Å². The summed E-state index contributed by atoms with van der Waals surface area (Å²) in [6, 6.07) is 14.8. The molecule has 6 nitrogen and oxygen atoms in total. The Kier molecular flexibility index (Phi) is 6.27. The molecule has 2 heterocycles. The van der Waals surface area contributed by atoms with Gasteiger partial charge in [-0.1, -0.05) is 12.0 Å². The third-order valence-electron chi connectivity index (χ3n) is 5.44. The zero-order valence-corrected chi connectivity index (χ0v) is 18.3. The largest absolute Gasteiger partial charge is 0.495 e. The monoisotopic (exact) mass is 428 g/mol. The average molecular weight is 428 g/mol. The summed E-state index contributed by atoms with van der Waals surface area (Å²) in [6.45, 7) is 1.14. The number of hydrogen-bond acceptors (Lipinski definition) is 5. The number of benzene rings is 2. The van der Waals surface area contributed by atoms with Crippen LogP contribution >= 0.6 is 0 Å². The number of fused-ring (bicyclic) bond motifs is 1. The number of ether oxygens (including phenoxy) is 3. The van der Waals surface area contributed by atoms with Crippen LogP contribution in [-0.2, 0) is 13.0 Å². The lowest BCUT2D eigenvalue weighted by Crippen LogP contribution is -2.36. The molecule has 4 rings (SSSR count). The lowest BCUT2D eigenvalue weighted by molar-refractivity contribution is 0.0734. The Morgan fingerprint density at radius 3 is 2.34 bits per heavy atom. The van der Waals surface area contributed by atoms with Crippen LogP contribution in [-0.4, -0.2) is 43.7 Å². The van der Waals surface area contributed by atoms with E-state index < -0.39 is 0 Å². The van der Waals surface area contributed by atoms with Crippen molar-refractivity contribution in [2.45, 2.75) is 13.0 Å². The summed E-state index contributed by atoms with van der Waals surface area (Å²) in [7, 11) is 4.83. The molecule has 2 aromatic carbocycles. The molecule has 1 aliphatic heterocycles. The minimum atomic E-state index is -0.0472. The van der Waals surface area contributed by atoms with Gasteiger partial charge in [0.1, 0.15) is 11.4 Å². The SMILES string of the molecule is COc1ccc(C(=O)N2CCc3cc(OC)c(OC)cc3C2)cc1C#Cc1ccccn1. The summed E-state index contributed by atoms with van der Waals surface area (Å²) in [6.07, 6.45) is 2.45. The van der Waals surface area contributed by atoms with Crippen LogP contribution in [0.5, 0.6) is 17.2 Å². The van der Waals surface area contributed by atoms with Crippen molar-refractivity contribution in [1.82, 2.24) is 9.88 Å². The fourth-order valence-electron chi connectivity index (χ4n) is 3.75. The molecule has 0 atom stereocenters. The average Bonchev–Trinajstić information content (AvgIpc) is 2.86. The minimum absolute atomic E-state index is 0.0472. The highest BCUT2D eigenvalue weighted by molar-refractivity contribution is 5.95. The predicted molar refractivity (Wildman–Crippen MR) is 121 cm³/mol. The van der Waals surface area contributed by atoms with E-state index in [-0.39, 0.29) is 5.91 Å². The summed E-state index contributed by atoms with van der Waals surface area (Å²) in [5, 5.41) is 0. The Morgan fingerprint density at radius 2 is 1.66 bits per heavy atom. The molecule has 1 aliphatic rings. The van der Waals surface area contributed by atoms with Gasteiger partial charge in [0.05, 0.1) is 26.9 Å². The molecular formula is C26H24N2O4. The van der Waals surface area contributed by atoms with Crippen LogP contribution in [0.3, 0.4) is 0 Å². The molecule has 32 heavy (non-hydrogen) atoms. The van der Waals surface area contributed by atoms with Gasteiger partial charge in [0.2, 0.25) is 0 Å². The topological polar surface area (TPSA) is 60.9 Å². The molecule has 1 amide bonds. The van der Waals surface area contributed by atoms with Crippen molar-refractivity contribution in [2.75, 3.05) is 27.9 Å². The molecule has 6 heteroatoms. The second-order valence-electron chi connectivity index (χ2n) is 7.33. The maximum absolute atomic E-state index is 13.3. The fraction of sp³-hybridized carbons (Fsp3) is 0.231. The van der Waals surface area contributed by atoms with Crippen molar-refractivity contribution < 1.29 is 19.0 Å². The smallest absolute Gasteiger partial charge is 0.254 e. The van der Waals surface area contributed by atoms with Gasteiger partial charge in [-0.3, -0.25) is 4.79 Å². The number of nitrogens with zero attached hydrogens (tertiary/aromatic N) is 2. The van der Waals surface area contributed by atoms with Gasteiger partial charge in [-0.15, -0.1) is 0 Å². The van der Waals surface area contributed by atoms with Gasteiger partial charge in [-0.25, -0.2) is 4.98 Å². The minimum Gasteiger partial charge on any atom is -0.495 e. The van der Waals surface area contributed by atoms with Crippen molar-refractivity contribution in [3.05, 3.63) is 82.7 Å². The van der Waals surface area contributed by atoms with E-state index in [1.54, 1.807) is 45.7 Å². The van der Waals surface area contributed by atoms with Gasteiger partial charge < -0.3 is 19.1 Å². The number of hydrogen-bond donors (Lipinski definition) is 0. The number of methoxy groups -OCH3 is 3. The molecule has 3 aromatic rings. The highest BCUT2D eigenvalue weighted by Crippen LogP contribution is 2.33. The first-order valence-corrected chi connectivity index (χ1v) is 10.3. The van der Waals surface area contributed by atoms with Crippen molar-refractivity contribution in [1.29, 1.82) is 0 Å². The fourth-order valence-corrected chi connectivity index (χ4v) is 3.75. The van der Waals surface area contributed by atoms with Crippen LogP contribution < -0.4 is 14.2 Å². The predicted octanol–water partition coefficient (Wildman–Crippen LogP) is 3.71. The molecule has 0 fully saturated rings. The van der Waals surface area contributed by atoms with Crippen LogP contribution in [0, 0.1) is 11.8 Å². The van der Waals surface area contributed by atoms with Gasteiger partial charge in [0, 0.05) is 24.8 Å². The quantitative estimate of drug-likeness (QED) is 0.593. The highest BCUT2D eigenvalue weighted by Gasteiger charge is 2.24. The Morgan fingerprint density at radius 1 is 0.906 bits per heavy atom. The molecule has 0 spiro atoms. The highest BCUT2D eigenvalue weighted by atomic mass is 16.5. The summed E-state index contributed by atoms with van der Waals surface area (Å²) in [5.41, 5.74) is 4.10. The number of aromatic nitrogens is 1. The Balaban J connectivity index is 1.59. The van der Waals surface area contributed by atoms with Crippen molar-refractivity contribution in [2.24, 2.45) is 0 Å². The maximum Gasteiger partial charge on any atom is 0.254 e. The lowest BCUT2D eigenvalue weighted by Gasteiger charge is -2.30. The van der Waals surface area contributed by atoms with E-state index in [1.807, 2.05) is 35.2 Å². The number of pyridine rings is 1. The van der Waals surface area contributed by atoms with E-state index in [0.717, 1.165) is 12.0 Å². The van der Waals surface area contributed by atoms with Gasteiger partial charge in [-0.05, 0) is 65.9 Å². The van der Waals surface area contributed by atoms with Crippen molar-refractivity contribution in [3.63, 3.8) is 0 Å². The first-order chi connectivity index (χ1) is 15.6. The second-order valence-corrected chi connectivity index (χ2v) is 7.33. The molecule has 0 radical (unpaired) electrons. The molecule has 0 saturated heterocycles. The normalized spacial score (nSPS) is 12.3. The maximum atomic E-state index is 13.3. The molecule has 0 bridgehead atoms. The Bertz CT molecular complexity index is 1200. The standard InChI is InChI=1S/C26H24N2O4/c1-30-23-10-8-20(14-19(23)7-9-22-6-4-5-12-27-22)26(29)28-13-11-18-15-24(31-2)25(32-3)16-21(18)17-28/h4-6,8,10,12,14-16H,11,13,17H2,1-3H3. The molecule has 0 saturated carbocycles. The third kappa shape index (κ3) is 4.37. The first-order valence-electron chi connectivity index (χ1n) is 10.3. The van der Waals surface area contributed by atoms with Gasteiger partial charge in [0.15, 0.2) is 11.5 Å². The van der Waals surface area contributed by atoms with Gasteiger partial charge >= 0.3 is 0 Å². The second kappa shape index (κ2) is 9.44. The lowest BCUT2D eigenvalue weighted by atomic mass is 9.98. The molecule has 0 aliphatic carbocycles. The molecule has 162 valence electrons. The number of carbonyl (C=O) groups excluding carboxylic acids is 1. The zero-order chi connectivity index (χ0) is 22.5. The van der Waals surface area contributed by atoms with Crippen LogP contribution in [0.1, 0.15) is 32.7 Å². The van der Waals surface area contributed by atoms with E-state index in [0.29, 0.717) is 47.2 Å². The zero-order valence-electron chi connectivity index (χ0n) is 18.3. The summed E-state index contributed by atoms with van der Waals surface area (Å²) < 4.78 is 16.3. The van der Waals surface area contributed by atoms with Crippen LogP contribution in [0.25, 0.3) is 0 Å². The third-order valence-corrected chi connectivity index (χ3v) is 5.44. The van der Waals surface area contributed by atoms with Gasteiger partial charge in [-0.2, -0.15) is 0 Å². The summed E-state index contributed by atoms with van der Waals surface area (Å²) in [4.78, 5) is 19.3. The van der Waals surface area contributed by atoms with E-state index >= 15 is 0 Å². The summed E-state index contributed by atoms with van der Waals surface area (Å²) >= 11 is 0. The number of carbonyl (C=O) groups is 1. The summed E-state index contributed by atoms with van der Waals surface area (Å²) in [5.74, 6) is 8.05. The van der Waals surface area contributed by atoms with E-state index in [4.69, 9.17) is 14.2 Å². The van der Waals surface area contributed by atoms with Crippen LogP contribution in [0.4, 0.5) is 0 Å². The molecule has 1 aromatic heterocycles. The molecule has 0 N–H and O–H groups in total. The van der Waals surface area contributed by atoms with Crippen molar-refractivity contribution >= 4 is 5.91 Å². The van der Waals surface area contributed by atoms with Crippen LogP contribution in [0.15, 0.2) is 54.7 Å². The Labute approximate surface area is 187 Å².